The summed E-state index contributed by atoms with van der Waals surface area (Å²) in [6, 6.07) is 0. The van der Waals surface area contributed by atoms with Crippen molar-refractivity contribution in [3.8, 4) is 0 Å². The van der Waals surface area contributed by atoms with E-state index in [1.54, 1.807) is 0 Å². The Kier molecular flexibility index (Phi) is 44.1. The molecule has 0 aromatic carbocycles. The Hall–Kier alpha value is 0. The fourth-order valence-corrected chi connectivity index (χ4v) is 10.3. The summed E-state index contributed by atoms with van der Waals surface area (Å²) in [5.41, 5.74) is 6.78. The zero-order chi connectivity index (χ0) is 67.7. The van der Waals surface area contributed by atoms with Gasteiger partial charge in [-0.05, 0) is 169 Å². The highest BCUT2D eigenvalue weighted by Gasteiger charge is 2.34. The first-order chi connectivity index (χ1) is 34.5. The summed E-state index contributed by atoms with van der Waals surface area (Å²) in [5.74, 6) is 4.79. The normalized spacial score (nSPS) is 16.0. The average molecular weight is 1150 g/mol. The zero-order valence-corrected chi connectivity index (χ0v) is 67.7. The van der Waals surface area contributed by atoms with Crippen LogP contribution in [0.2, 0.25) is 0 Å². The lowest BCUT2D eigenvalue weighted by Gasteiger charge is -2.39. The van der Waals surface area contributed by atoms with Crippen LogP contribution in [-0.2, 0) is 0 Å². The molecule has 0 spiro atoms. The van der Waals surface area contributed by atoms with Crippen LogP contribution in [0, 0.1) is 111 Å². The highest BCUT2D eigenvalue weighted by Crippen LogP contribution is 2.42. The molecular formula is C81H176. The monoisotopic (exact) mass is 1150 g/mol. The van der Waals surface area contributed by atoms with E-state index in [9.17, 15) is 0 Å². The van der Waals surface area contributed by atoms with E-state index in [4.69, 9.17) is 0 Å². The van der Waals surface area contributed by atoms with Crippen molar-refractivity contribution in [2.75, 3.05) is 0 Å². The molecule has 0 saturated carbocycles. The summed E-state index contributed by atoms with van der Waals surface area (Å²) in [7, 11) is 0. The Bertz CT molecular complexity index is 1290. The van der Waals surface area contributed by atoms with Gasteiger partial charge in [-0.25, -0.2) is 0 Å². The van der Waals surface area contributed by atoms with Crippen LogP contribution in [0.4, 0.5) is 0 Å². The molecule has 6 unspecified atom stereocenters. The highest BCUT2D eigenvalue weighted by atomic mass is 14.4. The van der Waals surface area contributed by atoms with E-state index >= 15 is 0 Å². The van der Waals surface area contributed by atoms with Crippen LogP contribution in [0.15, 0.2) is 0 Å². The number of unbranched alkanes of at least 4 members (excludes halogenated alkanes) is 2. The third-order valence-corrected chi connectivity index (χ3v) is 16.7. The zero-order valence-electron chi connectivity index (χ0n) is 67.7. The van der Waals surface area contributed by atoms with Gasteiger partial charge < -0.3 is 0 Å². The Balaban J connectivity index is -0.000000158. The van der Waals surface area contributed by atoms with Crippen LogP contribution < -0.4 is 0 Å². The summed E-state index contributed by atoms with van der Waals surface area (Å²) in [6.45, 7) is 112. The van der Waals surface area contributed by atoms with E-state index in [0.717, 1.165) is 35.5 Å². The smallest absolute Gasteiger partial charge is 0.0354 e. The molecule has 0 amide bonds. The Labute approximate surface area is 524 Å². The number of hydrogen-bond donors (Lipinski definition) is 0. The average Bonchev–Trinajstić information content (AvgIpc) is 3.10. The van der Waals surface area contributed by atoms with Crippen molar-refractivity contribution in [2.45, 2.75) is 416 Å². The van der Waals surface area contributed by atoms with Crippen LogP contribution in [0.3, 0.4) is 0 Å². The van der Waals surface area contributed by atoms with Crippen LogP contribution >= 0.6 is 0 Å². The lowest BCUT2D eigenvalue weighted by atomic mass is 9.66. The van der Waals surface area contributed by atoms with Crippen LogP contribution in [-0.4, -0.2) is 0 Å². The molecule has 0 fully saturated rings. The third-order valence-electron chi connectivity index (χ3n) is 16.7. The van der Waals surface area contributed by atoms with E-state index in [1.807, 2.05) is 0 Å². The van der Waals surface area contributed by atoms with Crippen LogP contribution in [0.5, 0.6) is 0 Å². The van der Waals surface area contributed by atoms with Gasteiger partial charge in [0.15, 0.2) is 0 Å². The van der Waals surface area contributed by atoms with Gasteiger partial charge in [-0.2, -0.15) is 0 Å². The van der Waals surface area contributed by atoms with Crippen molar-refractivity contribution < 1.29 is 0 Å². The van der Waals surface area contributed by atoms with Gasteiger partial charge in [-0.1, -0.05) is 358 Å². The third kappa shape index (κ3) is 82.1. The molecule has 0 heteroatoms. The van der Waals surface area contributed by atoms with Gasteiger partial charge in [-0.3, -0.25) is 0 Å². The minimum absolute atomic E-state index is 0.437. The second-order valence-electron chi connectivity index (χ2n) is 43.7. The molecule has 0 aliphatic heterocycles. The largest absolute Gasteiger partial charge is 0.0622 e. The van der Waals surface area contributed by atoms with Gasteiger partial charge in [0, 0.05) is 0 Å². The molecule has 0 heterocycles. The highest BCUT2D eigenvalue weighted by molar-refractivity contribution is 4.83. The number of rotatable bonds is 12. The molecule has 0 nitrogen and oxygen atoms in total. The van der Waals surface area contributed by atoms with Gasteiger partial charge in [0.2, 0.25) is 0 Å². The predicted octanol–water partition coefficient (Wildman–Crippen LogP) is 30.4. The standard InChI is InChI=1S/C14H30.C13H28.2C12H26.C11H24.C10H22.C9H20/c1-11(9-13(3,4)5)12(2)10-14(6,7)8;1-12(2,3)10-8-7-9-11-13(4,5)6;2*1-9(11(3,4)5)10(2)12(6,7)8;1-10(2,3)8-7-9-11(4,5)6;1-9(2,3)7-8-10(4,5)6;1-8(2,3)7-9(4,5)6/h11-12H,9-10H2,1-8H3;7-11H2,1-6H3;2*9-10H,1-8H3;7-9H2,1-6H3;7-8H2,1-6H3;7H2,1-6H3. The minimum Gasteiger partial charge on any atom is -0.0622 e. The second-order valence-corrected chi connectivity index (χ2v) is 43.7. The van der Waals surface area contributed by atoms with Crippen molar-refractivity contribution in [3.63, 3.8) is 0 Å². The van der Waals surface area contributed by atoms with Crippen LogP contribution in [0.25, 0.3) is 0 Å². The summed E-state index contributed by atoms with van der Waals surface area (Å²) >= 11 is 0. The molecule has 0 N–H and O–H groups in total. The molecular weight excluding hydrogens is 973 g/mol. The van der Waals surface area contributed by atoms with E-state index in [1.165, 1.54) is 83.5 Å². The fourth-order valence-electron chi connectivity index (χ4n) is 10.3. The molecule has 0 rings (SSSR count). The summed E-state index contributed by atoms with van der Waals surface area (Å²) < 4.78 is 0. The topological polar surface area (TPSA) is 0 Å². The molecule has 0 bridgehead atoms. The van der Waals surface area contributed by atoms with Gasteiger partial charge in [0.1, 0.15) is 0 Å². The Morgan fingerprint density at radius 2 is 0.333 bits per heavy atom. The molecule has 0 aromatic rings. The summed E-state index contributed by atoms with van der Waals surface area (Å²) in [4.78, 5) is 0. The molecule has 0 saturated heterocycles. The fraction of sp³-hybridized carbons (Fsp3) is 1.00. The van der Waals surface area contributed by atoms with E-state index in [0.29, 0.717) is 75.8 Å². The first kappa shape index (κ1) is 94.7. The van der Waals surface area contributed by atoms with E-state index < -0.39 is 0 Å². The van der Waals surface area contributed by atoms with Crippen molar-refractivity contribution in [1.29, 1.82) is 0 Å². The minimum atomic E-state index is 0.437. The lowest BCUT2D eigenvalue weighted by molar-refractivity contribution is 0.0992. The van der Waals surface area contributed by atoms with Gasteiger partial charge in [0.05, 0.1) is 0 Å². The summed E-state index contributed by atoms with van der Waals surface area (Å²) in [6.07, 6.45) is 17.7. The molecule has 81 heavy (non-hydrogen) atoms. The quantitative estimate of drug-likeness (QED) is 0.171. The maximum Gasteiger partial charge on any atom is -0.0354 e. The number of hydrogen-bond acceptors (Lipinski definition) is 0. The van der Waals surface area contributed by atoms with E-state index in [2.05, 4.69) is 332 Å². The Morgan fingerprint density at radius 3 is 0.444 bits per heavy atom. The molecule has 0 radical (unpaired) electrons. The maximum absolute atomic E-state index is 2.40. The van der Waals surface area contributed by atoms with Gasteiger partial charge in [-0.15, -0.1) is 0 Å². The molecule has 0 aromatic heterocycles. The second kappa shape index (κ2) is 37.8. The molecule has 500 valence electrons. The van der Waals surface area contributed by atoms with Crippen molar-refractivity contribution in [2.24, 2.45) is 111 Å². The van der Waals surface area contributed by atoms with Crippen molar-refractivity contribution >= 4 is 0 Å². The van der Waals surface area contributed by atoms with Gasteiger partial charge >= 0.3 is 0 Å². The first-order valence-corrected chi connectivity index (χ1v) is 34.5. The molecule has 0 aliphatic rings. The van der Waals surface area contributed by atoms with Crippen LogP contribution in [0.1, 0.15) is 416 Å². The van der Waals surface area contributed by atoms with Gasteiger partial charge in [0.25, 0.3) is 0 Å². The first-order valence-electron chi connectivity index (χ1n) is 34.5. The van der Waals surface area contributed by atoms with Crippen molar-refractivity contribution in [1.82, 2.24) is 0 Å². The summed E-state index contributed by atoms with van der Waals surface area (Å²) in [5, 5.41) is 0. The van der Waals surface area contributed by atoms with E-state index in [-0.39, 0.29) is 0 Å². The maximum atomic E-state index is 2.40. The SMILES string of the molecule is CC(C(C)C(C)(C)C)C(C)(C)C.CC(C(C)C(C)(C)C)C(C)(C)C.CC(C)(C)CC(C)(C)C.CC(C)(C)CCC(C)(C)C.CC(C)(C)CCCC(C)(C)C.CC(C)(C)CCCCCC(C)(C)C.CC(CC(C)(C)C)C(C)CC(C)(C)C. The molecule has 0 aliphatic carbocycles. The Morgan fingerprint density at radius 1 is 0.173 bits per heavy atom. The predicted molar refractivity (Wildman–Crippen MR) is 387 cm³/mol. The molecule has 6 atom stereocenters. The van der Waals surface area contributed by atoms with Crippen molar-refractivity contribution in [3.05, 3.63) is 0 Å². The lowest BCUT2D eigenvalue weighted by Crippen LogP contribution is -2.32.